The molecule has 1 aliphatic rings. The van der Waals surface area contributed by atoms with Crippen molar-refractivity contribution in [1.29, 1.82) is 0 Å². The van der Waals surface area contributed by atoms with Crippen LogP contribution in [0.4, 0.5) is 17.1 Å². The summed E-state index contributed by atoms with van der Waals surface area (Å²) in [5, 5.41) is 44.3. The fourth-order valence-electron chi connectivity index (χ4n) is 3.83. The Labute approximate surface area is 154 Å². The highest BCUT2D eigenvalue weighted by Gasteiger charge is 2.25. The number of rotatable bonds is 8. The average Bonchev–Trinajstić information content (AvgIpc) is 2.65. The van der Waals surface area contributed by atoms with Crippen molar-refractivity contribution in [3.63, 3.8) is 0 Å². The zero-order valence-electron chi connectivity index (χ0n) is 15.4. The molecule has 2 rings (SSSR count). The molecule has 1 atom stereocenters. The summed E-state index contributed by atoms with van der Waals surface area (Å²) in [6.07, 6.45) is 8.09. The van der Waals surface area contributed by atoms with E-state index < -0.39 is 5.23 Å². The van der Waals surface area contributed by atoms with E-state index in [1.165, 1.54) is 44.2 Å². The molecule has 1 saturated carbocycles. The zero-order chi connectivity index (χ0) is 19.1. The molecular formula is C18H28N4O4-2. The van der Waals surface area contributed by atoms with Crippen molar-refractivity contribution in [3.8, 4) is 0 Å². The van der Waals surface area contributed by atoms with Crippen molar-refractivity contribution in [3.05, 3.63) is 28.6 Å². The van der Waals surface area contributed by atoms with Gasteiger partial charge in [0.15, 0.2) is 0 Å². The van der Waals surface area contributed by atoms with E-state index >= 15 is 0 Å². The summed E-state index contributed by atoms with van der Waals surface area (Å²) >= 11 is 0. The average molecular weight is 364 g/mol. The van der Waals surface area contributed by atoms with Gasteiger partial charge in [-0.1, -0.05) is 33.1 Å². The van der Waals surface area contributed by atoms with Gasteiger partial charge in [-0.15, -0.1) is 5.23 Å². The number of hydrazone groups is 1. The highest BCUT2D eigenvalue weighted by molar-refractivity contribution is 5.88. The maximum atomic E-state index is 10.9. The van der Waals surface area contributed by atoms with Crippen LogP contribution < -0.4 is 15.9 Å². The van der Waals surface area contributed by atoms with Crippen molar-refractivity contribution in [2.24, 2.45) is 16.9 Å². The zero-order valence-corrected chi connectivity index (χ0v) is 15.4. The molecule has 26 heavy (non-hydrogen) atoms. The van der Waals surface area contributed by atoms with E-state index in [9.17, 15) is 20.8 Å². The number of nitrogens with one attached hydrogen (secondary N) is 1. The Bertz CT molecular complexity index is 601. The standard InChI is InChI=1S/C18H28N4O4/c1-3-15(13-8-6-5-7-9-13)16(4-2)19-20-17-11-10-14(21(23)24)12-18(17)22(25)26/h10-13,15,20,25-26H,3-9H2,1-2H3/q-2/t15-/m0/s1. The van der Waals surface area contributed by atoms with Crippen LogP contribution in [0.25, 0.3) is 0 Å². The van der Waals surface area contributed by atoms with Crippen molar-refractivity contribution in [1.82, 2.24) is 0 Å². The molecule has 3 N–H and O–H groups in total. The van der Waals surface area contributed by atoms with Crippen molar-refractivity contribution in [2.45, 2.75) is 58.8 Å². The van der Waals surface area contributed by atoms with Gasteiger partial charge >= 0.3 is 0 Å². The summed E-state index contributed by atoms with van der Waals surface area (Å²) in [7, 11) is 0. The number of hydrogen-bond donors (Lipinski definition) is 3. The van der Waals surface area contributed by atoms with E-state index in [0.717, 1.165) is 24.6 Å². The lowest BCUT2D eigenvalue weighted by Gasteiger charge is -2.38. The molecule has 0 spiro atoms. The minimum absolute atomic E-state index is 0.121. The molecule has 1 fully saturated rings. The third kappa shape index (κ3) is 5.07. The quantitative estimate of drug-likeness (QED) is 0.445. The van der Waals surface area contributed by atoms with Crippen LogP contribution in [0.5, 0.6) is 0 Å². The predicted octanol–water partition coefficient (Wildman–Crippen LogP) is 4.86. The summed E-state index contributed by atoms with van der Waals surface area (Å²) in [6, 6.07) is 3.81. The van der Waals surface area contributed by atoms with Crippen LogP contribution in [0.15, 0.2) is 23.3 Å². The van der Waals surface area contributed by atoms with Crippen LogP contribution in [0.3, 0.4) is 0 Å². The smallest absolute Gasteiger partial charge is 0.121 e. The molecule has 146 valence electrons. The first-order valence-electron chi connectivity index (χ1n) is 9.26. The van der Waals surface area contributed by atoms with Crippen LogP contribution in [-0.2, 0) is 0 Å². The molecule has 1 aromatic rings. The van der Waals surface area contributed by atoms with E-state index in [0.29, 0.717) is 17.5 Å². The van der Waals surface area contributed by atoms with Crippen LogP contribution in [0.1, 0.15) is 58.8 Å². The lowest BCUT2D eigenvalue weighted by atomic mass is 9.76. The number of benzene rings is 1. The lowest BCUT2D eigenvalue weighted by molar-refractivity contribution is 0.0295. The van der Waals surface area contributed by atoms with Gasteiger partial charge in [-0.05, 0) is 49.8 Å². The molecule has 0 radical (unpaired) electrons. The first kappa shape index (κ1) is 20.4. The van der Waals surface area contributed by atoms with E-state index in [-0.39, 0.29) is 16.6 Å². The molecule has 1 aliphatic carbocycles. The first-order chi connectivity index (χ1) is 12.5. The Morgan fingerprint density at radius 2 is 1.92 bits per heavy atom. The summed E-state index contributed by atoms with van der Waals surface area (Å²) in [4.78, 5) is 0. The lowest BCUT2D eigenvalue weighted by Crippen LogP contribution is -2.26. The molecule has 1 aromatic carbocycles. The van der Waals surface area contributed by atoms with E-state index in [2.05, 4.69) is 24.4 Å². The SMILES string of the molecule is CCC(=NNc1ccc(N([O-])[O-])cc1N(O)O)[C@@H](CC)C1CCCCC1. The summed E-state index contributed by atoms with van der Waals surface area (Å²) in [6.45, 7) is 4.23. The minimum Gasteiger partial charge on any atom is -0.769 e. The maximum absolute atomic E-state index is 10.9. The maximum Gasteiger partial charge on any atom is 0.121 e. The Morgan fingerprint density at radius 1 is 1.23 bits per heavy atom. The Balaban J connectivity index is 2.21. The highest BCUT2D eigenvalue weighted by Crippen LogP contribution is 2.34. The van der Waals surface area contributed by atoms with Crippen molar-refractivity contribution in [2.75, 3.05) is 15.9 Å². The van der Waals surface area contributed by atoms with E-state index in [1.807, 2.05) is 0 Å². The van der Waals surface area contributed by atoms with Crippen LogP contribution in [0.2, 0.25) is 0 Å². The number of hydrogen-bond acceptors (Lipinski definition) is 8. The third-order valence-electron chi connectivity index (χ3n) is 5.18. The topological polar surface area (TPSA) is 117 Å². The van der Waals surface area contributed by atoms with Gasteiger partial charge in [0.2, 0.25) is 0 Å². The molecule has 0 aromatic heterocycles. The number of nitrogens with zero attached hydrogens (tertiary/aromatic N) is 3. The van der Waals surface area contributed by atoms with Gasteiger partial charge in [0, 0.05) is 17.3 Å². The fourth-order valence-corrected chi connectivity index (χ4v) is 3.83. The van der Waals surface area contributed by atoms with Gasteiger partial charge in [-0.25, -0.2) is 0 Å². The summed E-state index contributed by atoms with van der Waals surface area (Å²) < 4.78 is 0. The molecule has 0 unspecified atom stereocenters. The van der Waals surface area contributed by atoms with Gasteiger partial charge in [0.1, 0.15) is 5.69 Å². The Hall–Kier alpha value is -1.87. The minimum atomic E-state index is -0.590. The van der Waals surface area contributed by atoms with Crippen LogP contribution >= 0.6 is 0 Å². The first-order valence-corrected chi connectivity index (χ1v) is 9.26. The molecule has 8 heteroatoms. The van der Waals surface area contributed by atoms with Crippen molar-refractivity contribution < 1.29 is 10.4 Å². The largest absolute Gasteiger partial charge is 0.769 e. The molecule has 0 heterocycles. The molecule has 0 amide bonds. The number of anilines is 3. The second kappa shape index (κ2) is 9.72. The Morgan fingerprint density at radius 3 is 2.46 bits per heavy atom. The second-order valence-electron chi connectivity index (χ2n) is 6.73. The monoisotopic (exact) mass is 364 g/mol. The van der Waals surface area contributed by atoms with Gasteiger partial charge < -0.3 is 15.6 Å². The summed E-state index contributed by atoms with van der Waals surface area (Å²) in [5.41, 5.74) is 3.86. The molecular weight excluding hydrogens is 336 g/mol. The van der Waals surface area contributed by atoms with Gasteiger partial charge in [-0.2, -0.15) is 5.10 Å². The summed E-state index contributed by atoms with van der Waals surface area (Å²) in [5.74, 6) is 1.03. The molecule has 8 nitrogen and oxygen atoms in total. The van der Waals surface area contributed by atoms with Crippen LogP contribution in [0, 0.1) is 22.3 Å². The van der Waals surface area contributed by atoms with Crippen molar-refractivity contribution >= 4 is 22.8 Å². The van der Waals surface area contributed by atoms with E-state index in [4.69, 9.17) is 0 Å². The fraction of sp³-hybridized carbons (Fsp3) is 0.611. The predicted molar refractivity (Wildman–Crippen MR) is 103 cm³/mol. The second-order valence-corrected chi connectivity index (χ2v) is 6.73. The van der Waals surface area contributed by atoms with Gasteiger partial charge in [0.05, 0.1) is 5.69 Å². The Kier molecular flexibility index (Phi) is 7.65. The third-order valence-corrected chi connectivity index (χ3v) is 5.18. The molecule has 0 bridgehead atoms. The molecule has 0 aliphatic heterocycles. The van der Waals surface area contributed by atoms with Gasteiger partial charge in [-0.3, -0.25) is 15.8 Å². The molecule has 0 saturated heterocycles. The normalized spacial score (nSPS) is 17.1. The van der Waals surface area contributed by atoms with Gasteiger partial charge in [0.25, 0.3) is 0 Å². The van der Waals surface area contributed by atoms with Crippen LogP contribution in [-0.4, -0.2) is 16.1 Å². The highest BCUT2D eigenvalue weighted by atomic mass is 16.8. The van der Waals surface area contributed by atoms with E-state index in [1.54, 1.807) is 0 Å².